The zero-order valence-corrected chi connectivity index (χ0v) is 11.1. The van der Waals surface area contributed by atoms with E-state index in [0.717, 1.165) is 16.7 Å². The summed E-state index contributed by atoms with van der Waals surface area (Å²) in [4.78, 5) is 12.2. The normalized spacial score (nSPS) is 21.9. The Morgan fingerprint density at radius 2 is 1.69 bits per heavy atom. The van der Waals surface area contributed by atoms with Gasteiger partial charge in [-0.05, 0) is 38.3 Å². The summed E-state index contributed by atoms with van der Waals surface area (Å²) in [7, 11) is 0. The van der Waals surface area contributed by atoms with Crippen LogP contribution in [0, 0.1) is 26.7 Å². The fourth-order valence-corrected chi connectivity index (χ4v) is 2.75. The summed E-state index contributed by atoms with van der Waals surface area (Å²) in [5, 5.41) is 0. The molecule has 0 spiro atoms. The first kappa shape index (κ1) is 11.9. The van der Waals surface area contributed by atoms with Crippen LogP contribution in [0.3, 0.4) is 0 Å². The summed E-state index contributed by atoms with van der Waals surface area (Å²) < 4.78 is -0.832. The first-order valence-electron chi connectivity index (χ1n) is 5.33. The minimum absolute atomic E-state index is 0.0833. The number of alkyl halides is 2. The van der Waals surface area contributed by atoms with Crippen molar-refractivity contribution < 1.29 is 4.79 Å². The van der Waals surface area contributed by atoms with Crippen molar-refractivity contribution >= 4 is 29.0 Å². The maximum Gasteiger partial charge on any atom is 0.169 e. The molecule has 1 saturated carbocycles. The number of rotatable bonds is 2. The van der Waals surface area contributed by atoms with Crippen molar-refractivity contribution in [2.75, 3.05) is 0 Å². The van der Waals surface area contributed by atoms with Gasteiger partial charge in [0.2, 0.25) is 0 Å². The third kappa shape index (κ3) is 1.99. The lowest BCUT2D eigenvalue weighted by Crippen LogP contribution is -2.10. The summed E-state index contributed by atoms with van der Waals surface area (Å²) in [5.41, 5.74) is 3.99. The van der Waals surface area contributed by atoms with Gasteiger partial charge in [-0.2, -0.15) is 0 Å². The Hall–Kier alpha value is -0.530. The SMILES string of the molecule is Cc1cc(C)c(C(=O)C2CC2(Cl)Cl)c(C)c1. The van der Waals surface area contributed by atoms with Crippen LogP contribution in [0.15, 0.2) is 12.1 Å². The summed E-state index contributed by atoms with van der Waals surface area (Å²) in [6, 6.07) is 4.04. The molecule has 0 heterocycles. The molecule has 1 nitrogen and oxygen atoms in total. The molecule has 1 aliphatic carbocycles. The fourth-order valence-electron chi connectivity index (χ4n) is 2.24. The molecule has 1 aliphatic rings. The molecule has 0 saturated heterocycles. The smallest absolute Gasteiger partial charge is 0.169 e. The molecule has 1 fully saturated rings. The number of hydrogen-bond donors (Lipinski definition) is 0. The molecule has 1 aromatic rings. The van der Waals surface area contributed by atoms with Crippen LogP contribution in [-0.2, 0) is 0 Å². The van der Waals surface area contributed by atoms with Gasteiger partial charge < -0.3 is 0 Å². The van der Waals surface area contributed by atoms with E-state index in [0.29, 0.717) is 6.42 Å². The predicted molar refractivity (Wildman–Crippen MR) is 67.5 cm³/mol. The molecule has 16 heavy (non-hydrogen) atoms. The molecule has 0 aliphatic heterocycles. The number of carbonyl (C=O) groups excluding carboxylic acids is 1. The average molecular weight is 257 g/mol. The van der Waals surface area contributed by atoms with E-state index >= 15 is 0 Å². The average Bonchev–Trinajstić information content (AvgIpc) is 2.73. The van der Waals surface area contributed by atoms with E-state index in [1.807, 2.05) is 32.9 Å². The summed E-state index contributed by atoms with van der Waals surface area (Å²) >= 11 is 11.9. The highest BCUT2D eigenvalue weighted by Gasteiger charge is 2.56. The number of hydrogen-bond acceptors (Lipinski definition) is 1. The Kier molecular flexibility index (Phi) is 2.80. The van der Waals surface area contributed by atoms with Crippen molar-refractivity contribution in [1.29, 1.82) is 0 Å². The molecule has 0 radical (unpaired) electrons. The summed E-state index contributed by atoms with van der Waals surface area (Å²) in [6.45, 7) is 5.94. The highest BCUT2D eigenvalue weighted by Crippen LogP contribution is 2.54. The highest BCUT2D eigenvalue weighted by atomic mass is 35.5. The number of aryl methyl sites for hydroxylation is 3. The van der Waals surface area contributed by atoms with Gasteiger partial charge in [-0.25, -0.2) is 0 Å². The quantitative estimate of drug-likeness (QED) is 0.578. The Labute approximate surface area is 106 Å². The van der Waals surface area contributed by atoms with Crippen LogP contribution in [0.2, 0.25) is 0 Å². The molecule has 3 heteroatoms. The van der Waals surface area contributed by atoms with Gasteiger partial charge in [0.05, 0.1) is 5.92 Å². The van der Waals surface area contributed by atoms with Gasteiger partial charge in [-0.15, -0.1) is 23.2 Å². The Morgan fingerprint density at radius 3 is 2.06 bits per heavy atom. The number of benzene rings is 1. The van der Waals surface area contributed by atoms with E-state index < -0.39 is 4.33 Å². The van der Waals surface area contributed by atoms with E-state index in [4.69, 9.17) is 23.2 Å². The van der Waals surface area contributed by atoms with Crippen LogP contribution in [0.1, 0.15) is 33.5 Å². The maximum absolute atomic E-state index is 12.2. The zero-order chi connectivity index (χ0) is 12.1. The molecule has 0 amide bonds. The number of carbonyl (C=O) groups is 1. The van der Waals surface area contributed by atoms with Crippen molar-refractivity contribution in [3.8, 4) is 0 Å². The number of ketones is 1. The Balaban J connectivity index is 2.38. The van der Waals surface area contributed by atoms with E-state index in [1.54, 1.807) is 0 Å². The molecule has 1 aromatic carbocycles. The lowest BCUT2D eigenvalue weighted by molar-refractivity contribution is 0.0965. The van der Waals surface area contributed by atoms with Gasteiger partial charge in [-0.1, -0.05) is 17.7 Å². The van der Waals surface area contributed by atoms with E-state index in [-0.39, 0.29) is 11.7 Å². The Bertz CT molecular complexity index is 440. The first-order chi connectivity index (χ1) is 7.33. The molecular weight excluding hydrogens is 243 g/mol. The van der Waals surface area contributed by atoms with Crippen LogP contribution in [0.5, 0.6) is 0 Å². The monoisotopic (exact) mass is 256 g/mol. The summed E-state index contributed by atoms with van der Waals surface area (Å²) in [6.07, 6.45) is 0.571. The molecule has 0 N–H and O–H groups in total. The topological polar surface area (TPSA) is 17.1 Å². The molecule has 0 aromatic heterocycles. The predicted octanol–water partition coefficient (Wildman–Crippen LogP) is 3.99. The van der Waals surface area contributed by atoms with Crippen LogP contribution < -0.4 is 0 Å². The third-order valence-corrected chi connectivity index (χ3v) is 3.90. The lowest BCUT2D eigenvalue weighted by Gasteiger charge is -2.10. The second-order valence-corrected chi connectivity index (χ2v) is 6.20. The van der Waals surface area contributed by atoms with E-state index in [1.165, 1.54) is 5.56 Å². The van der Waals surface area contributed by atoms with Crippen LogP contribution in [0.4, 0.5) is 0 Å². The van der Waals surface area contributed by atoms with Gasteiger partial charge in [-0.3, -0.25) is 4.79 Å². The van der Waals surface area contributed by atoms with Gasteiger partial charge >= 0.3 is 0 Å². The van der Waals surface area contributed by atoms with Crippen LogP contribution >= 0.6 is 23.2 Å². The van der Waals surface area contributed by atoms with E-state index in [9.17, 15) is 4.79 Å². The molecular formula is C13H14Cl2O. The first-order valence-corrected chi connectivity index (χ1v) is 6.08. The standard InChI is InChI=1S/C13H14Cl2O/c1-7-4-8(2)11(9(3)5-7)12(16)10-6-13(10,14)15/h4-5,10H,6H2,1-3H3. The van der Waals surface area contributed by atoms with Crippen LogP contribution in [-0.4, -0.2) is 10.1 Å². The van der Waals surface area contributed by atoms with Crippen LogP contribution in [0.25, 0.3) is 0 Å². The Morgan fingerprint density at radius 1 is 1.25 bits per heavy atom. The largest absolute Gasteiger partial charge is 0.294 e. The van der Waals surface area contributed by atoms with Gasteiger partial charge in [0.15, 0.2) is 5.78 Å². The molecule has 1 atom stereocenters. The minimum Gasteiger partial charge on any atom is -0.294 e. The molecule has 86 valence electrons. The third-order valence-electron chi connectivity index (χ3n) is 3.07. The fraction of sp³-hybridized carbons (Fsp3) is 0.462. The van der Waals surface area contributed by atoms with Crippen molar-refractivity contribution in [2.45, 2.75) is 31.5 Å². The number of halogens is 2. The van der Waals surface area contributed by atoms with Crippen molar-refractivity contribution in [2.24, 2.45) is 5.92 Å². The van der Waals surface area contributed by atoms with Crippen molar-refractivity contribution in [3.05, 3.63) is 34.4 Å². The van der Waals surface area contributed by atoms with Crippen molar-refractivity contribution in [1.82, 2.24) is 0 Å². The number of Topliss-reactive ketones (excluding diaryl/α,β-unsaturated/α-hetero) is 1. The lowest BCUT2D eigenvalue weighted by atomic mass is 9.94. The highest BCUT2D eigenvalue weighted by molar-refractivity contribution is 6.52. The molecule has 2 rings (SSSR count). The van der Waals surface area contributed by atoms with Gasteiger partial charge in [0.1, 0.15) is 4.33 Å². The summed E-state index contributed by atoms with van der Waals surface area (Å²) in [5.74, 6) is -0.143. The molecule has 0 bridgehead atoms. The van der Waals surface area contributed by atoms with Crippen molar-refractivity contribution in [3.63, 3.8) is 0 Å². The maximum atomic E-state index is 12.2. The second kappa shape index (κ2) is 3.75. The van der Waals surface area contributed by atoms with Gasteiger partial charge in [0, 0.05) is 5.56 Å². The van der Waals surface area contributed by atoms with E-state index in [2.05, 4.69) is 0 Å². The molecule has 1 unspecified atom stereocenters. The van der Waals surface area contributed by atoms with Gasteiger partial charge in [0.25, 0.3) is 0 Å². The minimum atomic E-state index is -0.832. The zero-order valence-electron chi connectivity index (χ0n) is 9.60. The second-order valence-electron chi connectivity index (χ2n) is 4.66.